The van der Waals surface area contributed by atoms with Crippen LogP contribution in [-0.4, -0.2) is 4.98 Å². The van der Waals surface area contributed by atoms with E-state index in [-0.39, 0.29) is 4.83 Å². The van der Waals surface area contributed by atoms with E-state index in [0.717, 1.165) is 10.2 Å². The van der Waals surface area contributed by atoms with Gasteiger partial charge in [-0.2, -0.15) is 0 Å². The first-order valence-corrected chi connectivity index (χ1v) is 7.20. The van der Waals surface area contributed by atoms with E-state index in [2.05, 4.69) is 74.1 Å². The molecule has 0 fully saturated rings. The smallest absolute Gasteiger partial charge is 0.0476 e. The highest BCUT2D eigenvalue weighted by Gasteiger charge is 2.18. The molecule has 88 valence electrons. The maximum atomic E-state index is 4.40. The Kier molecular flexibility index (Phi) is 4.35. The highest BCUT2D eigenvalue weighted by atomic mass is 79.9. The molecule has 0 aliphatic rings. The summed E-state index contributed by atoms with van der Waals surface area (Å²) in [5.74, 6) is 0.345. The summed E-state index contributed by atoms with van der Waals surface area (Å²) in [7, 11) is 0. The molecular weight excluding hydrogens is 342 g/mol. The van der Waals surface area contributed by atoms with Crippen LogP contribution >= 0.6 is 31.9 Å². The van der Waals surface area contributed by atoms with Crippen LogP contribution in [0.5, 0.6) is 0 Å². The number of nitrogens with zero attached hydrogens (tertiary/aromatic N) is 1. The van der Waals surface area contributed by atoms with E-state index >= 15 is 0 Å². The molecule has 0 aliphatic heterocycles. The first kappa shape index (κ1) is 12.8. The lowest BCUT2D eigenvalue weighted by atomic mass is 9.97. The molecule has 0 aliphatic carbocycles. The maximum absolute atomic E-state index is 4.40. The Labute approximate surface area is 119 Å². The zero-order valence-corrected chi connectivity index (χ0v) is 12.6. The average Bonchev–Trinajstić information content (AvgIpc) is 2.39. The van der Waals surface area contributed by atoms with Crippen LogP contribution in [0.25, 0.3) is 0 Å². The monoisotopic (exact) mass is 353 g/mol. The van der Waals surface area contributed by atoms with E-state index in [4.69, 9.17) is 0 Å². The molecule has 0 amide bonds. The van der Waals surface area contributed by atoms with Gasteiger partial charge in [0.25, 0.3) is 0 Å². The Hall–Kier alpha value is -0.670. The highest BCUT2D eigenvalue weighted by molar-refractivity contribution is 9.10. The summed E-state index contributed by atoms with van der Waals surface area (Å²) in [6, 6.07) is 14.4. The number of hydrogen-bond acceptors (Lipinski definition) is 1. The first-order chi connectivity index (χ1) is 8.18. The summed E-state index contributed by atoms with van der Waals surface area (Å²) < 4.78 is 1.10. The van der Waals surface area contributed by atoms with Crippen molar-refractivity contribution in [2.75, 3.05) is 0 Å². The van der Waals surface area contributed by atoms with Crippen molar-refractivity contribution in [1.82, 2.24) is 4.98 Å². The maximum Gasteiger partial charge on any atom is 0.0476 e. The van der Waals surface area contributed by atoms with Crippen molar-refractivity contribution in [3.8, 4) is 0 Å². The number of hydrogen-bond donors (Lipinski definition) is 0. The molecule has 1 nitrogen and oxygen atoms in total. The second-order valence-corrected chi connectivity index (χ2v) is 5.90. The lowest BCUT2D eigenvalue weighted by Crippen LogP contribution is -2.03. The van der Waals surface area contributed by atoms with Crippen molar-refractivity contribution >= 4 is 31.9 Å². The van der Waals surface area contributed by atoms with Gasteiger partial charge < -0.3 is 0 Å². The molecule has 0 radical (unpaired) electrons. The Morgan fingerprint density at radius 3 is 2.35 bits per heavy atom. The normalized spacial score (nSPS) is 14.3. The topological polar surface area (TPSA) is 12.9 Å². The Bertz CT molecular complexity index is 467. The molecule has 2 rings (SSSR count). The van der Waals surface area contributed by atoms with Crippen molar-refractivity contribution < 1.29 is 0 Å². The third-order valence-corrected chi connectivity index (χ3v) is 4.63. The zero-order valence-electron chi connectivity index (χ0n) is 9.48. The van der Waals surface area contributed by atoms with Gasteiger partial charge in [0, 0.05) is 27.1 Å². The van der Waals surface area contributed by atoms with Crippen molar-refractivity contribution in [3.05, 3.63) is 64.4 Å². The summed E-state index contributed by atoms with van der Waals surface area (Å²) in [4.78, 5) is 4.69. The molecular formula is C14H13Br2N. The van der Waals surface area contributed by atoms with E-state index in [0.29, 0.717) is 5.92 Å². The van der Waals surface area contributed by atoms with E-state index in [1.165, 1.54) is 5.56 Å². The molecule has 2 unspecified atom stereocenters. The van der Waals surface area contributed by atoms with Gasteiger partial charge >= 0.3 is 0 Å². The number of aromatic nitrogens is 1. The van der Waals surface area contributed by atoms with Crippen LogP contribution in [-0.2, 0) is 0 Å². The second-order valence-electron chi connectivity index (χ2n) is 4.00. The van der Waals surface area contributed by atoms with Crippen molar-refractivity contribution in [2.45, 2.75) is 17.7 Å². The molecule has 1 aromatic heterocycles. The third kappa shape index (κ3) is 3.17. The predicted molar refractivity (Wildman–Crippen MR) is 78.5 cm³/mol. The van der Waals surface area contributed by atoms with Gasteiger partial charge in [0.1, 0.15) is 0 Å². The number of alkyl halides is 1. The Morgan fingerprint density at radius 2 is 1.76 bits per heavy atom. The molecule has 1 heterocycles. The summed E-state index contributed by atoms with van der Waals surface area (Å²) >= 11 is 7.21. The first-order valence-electron chi connectivity index (χ1n) is 5.49. The molecule has 0 saturated carbocycles. The Morgan fingerprint density at radius 1 is 1.06 bits per heavy atom. The van der Waals surface area contributed by atoms with Gasteiger partial charge in [-0.25, -0.2) is 0 Å². The van der Waals surface area contributed by atoms with Crippen LogP contribution in [0.1, 0.15) is 28.9 Å². The van der Waals surface area contributed by atoms with Crippen molar-refractivity contribution in [1.29, 1.82) is 0 Å². The molecule has 0 bridgehead atoms. The van der Waals surface area contributed by atoms with Gasteiger partial charge in [-0.05, 0) is 29.8 Å². The summed E-state index contributed by atoms with van der Waals surface area (Å²) in [5, 5.41) is 0. The van der Waals surface area contributed by atoms with Gasteiger partial charge in [-0.15, -0.1) is 0 Å². The summed E-state index contributed by atoms with van der Waals surface area (Å²) in [6.07, 6.45) is 1.84. The number of benzene rings is 1. The third-order valence-electron chi connectivity index (χ3n) is 2.78. The standard InChI is InChI=1S/C14H13Br2N/c1-10(13-4-2-3-9-17-13)14(16)11-5-7-12(15)8-6-11/h2-10,14H,1H3. The zero-order chi connectivity index (χ0) is 12.3. The molecule has 0 saturated heterocycles. The van der Waals surface area contributed by atoms with Crippen LogP contribution in [0.15, 0.2) is 53.1 Å². The predicted octanol–water partition coefficient (Wildman–Crippen LogP) is 5.08. The number of pyridine rings is 1. The summed E-state index contributed by atoms with van der Waals surface area (Å²) in [5.41, 5.74) is 2.38. The van der Waals surface area contributed by atoms with E-state index in [9.17, 15) is 0 Å². The summed E-state index contributed by atoms with van der Waals surface area (Å²) in [6.45, 7) is 2.18. The minimum Gasteiger partial charge on any atom is -0.261 e. The average molecular weight is 355 g/mol. The molecule has 0 spiro atoms. The quantitative estimate of drug-likeness (QED) is 0.700. The fourth-order valence-electron chi connectivity index (χ4n) is 1.73. The van der Waals surface area contributed by atoms with Crippen LogP contribution < -0.4 is 0 Å². The molecule has 2 atom stereocenters. The van der Waals surface area contributed by atoms with Gasteiger partial charge in [-0.3, -0.25) is 4.98 Å². The number of halogens is 2. The van der Waals surface area contributed by atoms with Crippen LogP contribution in [0, 0.1) is 0 Å². The molecule has 17 heavy (non-hydrogen) atoms. The SMILES string of the molecule is CC(c1ccccn1)C(Br)c1ccc(Br)cc1. The van der Waals surface area contributed by atoms with Crippen LogP contribution in [0.4, 0.5) is 0 Å². The van der Waals surface area contributed by atoms with Gasteiger partial charge in [0.15, 0.2) is 0 Å². The number of rotatable bonds is 3. The van der Waals surface area contributed by atoms with E-state index < -0.39 is 0 Å². The van der Waals surface area contributed by atoms with Crippen LogP contribution in [0.2, 0.25) is 0 Å². The van der Waals surface area contributed by atoms with E-state index in [1.807, 2.05) is 18.3 Å². The molecule has 2 aromatic rings. The molecule has 1 aromatic carbocycles. The molecule has 3 heteroatoms. The fraction of sp³-hybridized carbons (Fsp3) is 0.214. The molecule has 0 N–H and O–H groups in total. The largest absolute Gasteiger partial charge is 0.261 e. The van der Waals surface area contributed by atoms with Crippen LogP contribution in [0.3, 0.4) is 0 Å². The minimum atomic E-state index is 0.283. The Balaban J connectivity index is 2.20. The van der Waals surface area contributed by atoms with Gasteiger partial charge in [0.05, 0.1) is 0 Å². The fourth-order valence-corrected chi connectivity index (χ4v) is 2.57. The van der Waals surface area contributed by atoms with Gasteiger partial charge in [-0.1, -0.05) is 57.0 Å². The lowest BCUT2D eigenvalue weighted by molar-refractivity contribution is 0.724. The van der Waals surface area contributed by atoms with Gasteiger partial charge in [0.2, 0.25) is 0 Å². The second kappa shape index (κ2) is 5.78. The van der Waals surface area contributed by atoms with Crippen molar-refractivity contribution in [2.24, 2.45) is 0 Å². The van der Waals surface area contributed by atoms with E-state index in [1.54, 1.807) is 0 Å². The van der Waals surface area contributed by atoms with Crippen molar-refractivity contribution in [3.63, 3.8) is 0 Å². The minimum absolute atomic E-state index is 0.283. The lowest BCUT2D eigenvalue weighted by Gasteiger charge is -2.18. The highest BCUT2D eigenvalue weighted by Crippen LogP contribution is 2.36.